The molecule has 0 spiro atoms. The smallest absolute Gasteiger partial charge is 0.250 e. The van der Waals surface area contributed by atoms with Crippen molar-refractivity contribution in [2.75, 3.05) is 27.1 Å². The largest absolute Gasteiger partial charge is 0.544 e. The molecule has 0 bridgehead atoms. The highest BCUT2D eigenvalue weighted by molar-refractivity contribution is 8.14. The quantitative estimate of drug-likeness (QED) is 0.344. The topological polar surface area (TPSA) is 66.4 Å². The number of hydrogen-bond acceptors (Lipinski definition) is 7. The predicted octanol–water partition coefficient (Wildman–Crippen LogP) is 5.84. The highest BCUT2D eigenvalue weighted by Crippen LogP contribution is 2.40. The third-order valence-corrected chi connectivity index (χ3v) is 11.6. The Morgan fingerprint density at radius 2 is 1.58 bits per heavy atom. The van der Waals surface area contributed by atoms with Gasteiger partial charge in [0.1, 0.15) is 11.8 Å². The van der Waals surface area contributed by atoms with E-state index in [4.69, 9.17) is 23.6 Å². The zero-order valence-electron chi connectivity index (χ0n) is 20.6. The van der Waals surface area contributed by atoms with Gasteiger partial charge in [0.2, 0.25) is 14.1 Å². The summed E-state index contributed by atoms with van der Waals surface area (Å²) in [5, 5.41) is 0.997. The Balaban J connectivity index is 1.78. The Kier molecular flexibility index (Phi) is 7.48. The second kappa shape index (κ2) is 9.81. The van der Waals surface area contributed by atoms with E-state index in [1.54, 1.807) is 23.9 Å². The van der Waals surface area contributed by atoms with E-state index in [2.05, 4.69) is 33.9 Å². The van der Waals surface area contributed by atoms with Crippen LogP contribution >= 0.6 is 11.8 Å². The first-order chi connectivity index (χ1) is 15.5. The first-order valence-electron chi connectivity index (χ1n) is 10.8. The Bertz CT molecular complexity index is 1020. The molecule has 6 nitrogen and oxygen atoms in total. The van der Waals surface area contributed by atoms with E-state index >= 15 is 0 Å². The molecule has 0 aromatic heterocycles. The fourth-order valence-corrected chi connectivity index (χ4v) is 5.27. The molecular formula is C25H33NO5SSi. The average molecular weight is 488 g/mol. The molecular weight excluding hydrogens is 454 g/mol. The van der Waals surface area contributed by atoms with Crippen LogP contribution in [0.3, 0.4) is 0 Å². The molecule has 0 N–H and O–H groups in total. The summed E-state index contributed by atoms with van der Waals surface area (Å²) in [5.41, 5.74) is 1.47. The summed E-state index contributed by atoms with van der Waals surface area (Å²) in [6, 6.07) is 10.9. The first-order valence-corrected chi connectivity index (χ1v) is 14.7. The van der Waals surface area contributed by atoms with E-state index in [0.29, 0.717) is 28.6 Å². The van der Waals surface area contributed by atoms with Gasteiger partial charge in [0.25, 0.3) is 0 Å². The maximum atomic E-state index is 13.2. The lowest BCUT2D eigenvalue weighted by Gasteiger charge is -2.36. The maximum absolute atomic E-state index is 13.2. The number of thioether (sulfide) groups is 1. The van der Waals surface area contributed by atoms with Crippen molar-refractivity contribution in [1.29, 1.82) is 0 Å². The molecule has 2 aromatic rings. The summed E-state index contributed by atoms with van der Waals surface area (Å²) < 4.78 is 22.5. The van der Waals surface area contributed by atoms with Crippen LogP contribution in [0.4, 0.5) is 0 Å². The second-order valence-electron chi connectivity index (χ2n) is 9.43. The number of Topliss-reactive ketones (excluding diaryl/α,β-unsaturated/α-hetero) is 1. The van der Waals surface area contributed by atoms with Crippen LogP contribution in [0.25, 0.3) is 0 Å². The van der Waals surface area contributed by atoms with Crippen molar-refractivity contribution >= 4 is 30.9 Å². The van der Waals surface area contributed by atoms with E-state index in [9.17, 15) is 4.79 Å². The molecule has 1 unspecified atom stereocenters. The van der Waals surface area contributed by atoms with Crippen LogP contribution in [0.5, 0.6) is 23.0 Å². The third-order valence-electron chi connectivity index (χ3n) is 6.18. The molecule has 0 amide bonds. The number of ketones is 1. The zero-order valence-corrected chi connectivity index (χ0v) is 22.5. The molecule has 178 valence electrons. The molecule has 0 saturated carbocycles. The Morgan fingerprint density at radius 1 is 1.00 bits per heavy atom. The van der Waals surface area contributed by atoms with Gasteiger partial charge in [-0.3, -0.25) is 9.79 Å². The average Bonchev–Trinajstić information content (AvgIpc) is 3.27. The van der Waals surface area contributed by atoms with Crippen molar-refractivity contribution in [3.05, 3.63) is 47.5 Å². The van der Waals surface area contributed by atoms with Gasteiger partial charge in [-0.2, -0.15) is 0 Å². The maximum Gasteiger partial charge on any atom is 0.250 e. The molecule has 0 fully saturated rings. The third kappa shape index (κ3) is 5.38. The Morgan fingerprint density at radius 3 is 2.06 bits per heavy atom. The van der Waals surface area contributed by atoms with Crippen LogP contribution in [0, 0.1) is 0 Å². The zero-order chi connectivity index (χ0) is 24.4. The Labute approximate surface area is 201 Å². The molecule has 1 atom stereocenters. The number of carbonyl (C=O) groups is 1. The van der Waals surface area contributed by atoms with Crippen molar-refractivity contribution in [1.82, 2.24) is 0 Å². The highest BCUT2D eigenvalue weighted by Gasteiger charge is 2.39. The van der Waals surface area contributed by atoms with Gasteiger partial charge in [-0.15, -0.1) is 11.8 Å². The van der Waals surface area contributed by atoms with Gasteiger partial charge in [-0.1, -0.05) is 20.8 Å². The van der Waals surface area contributed by atoms with E-state index in [0.717, 1.165) is 16.4 Å². The molecule has 0 aliphatic carbocycles. The molecule has 3 rings (SSSR count). The van der Waals surface area contributed by atoms with Crippen molar-refractivity contribution < 1.29 is 23.4 Å². The van der Waals surface area contributed by atoms with Crippen LogP contribution in [0.1, 0.15) is 36.7 Å². The van der Waals surface area contributed by atoms with Crippen LogP contribution in [-0.2, 0) is 0 Å². The van der Waals surface area contributed by atoms with Crippen molar-refractivity contribution in [2.24, 2.45) is 4.99 Å². The van der Waals surface area contributed by atoms with Crippen LogP contribution in [0.2, 0.25) is 18.1 Å². The SMILES string of the molecule is COc1cc(C(=O)C2CSC(c3ccc(O[Si](C)(C)C(C)(C)C)cc3)=N2)cc(OC)c1OC. The standard InChI is InChI=1S/C25H33NO5SSi/c1-25(2,3)33(7,8)31-18-11-9-16(10-12-18)24-26-19(15-32-24)22(27)17-13-20(28-4)23(30-6)21(14-17)29-5/h9-14,19H,15H2,1-8H3. The second-order valence-corrected chi connectivity index (χ2v) is 15.2. The summed E-state index contributed by atoms with van der Waals surface area (Å²) in [4.78, 5) is 17.9. The number of carbonyl (C=O) groups excluding carboxylic acids is 1. The fraction of sp³-hybridized carbons (Fsp3) is 0.440. The van der Waals surface area contributed by atoms with E-state index in [-0.39, 0.29) is 10.8 Å². The number of nitrogens with zero attached hydrogens (tertiary/aromatic N) is 1. The van der Waals surface area contributed by atoms with E-state index in [1.807, 2.05) is 24.3 Å². The number of hydrogen-bond donors (Lipinski definition) is 0. The number of rotatable bonds is 8. The van der Waals surface area contributed by atoms with Gasteiger partial charge in [-0.05, 0) is 54.5 Å². The fourth-order valence-electron chi connectivity index (χ4n) is 3.20. The number of ether oxygens (including phenoxy) is 3. The molecule has 1 aliphatic heterocycles. The summed E-state index contributed by atoms with van der Waals surface area (Å²) >= 11 is 1.59. The van der Waals surface area contributed by atoms with E-state index < -0.39 is 14.4 Å². The lowest BCUT2D eigenvalue weighted by molar-refractivity contribution is 0.0971. The molecule has 1 aliphatic rings. The Hall–Kier alpha value is -2.45. The minimum Gasteiger partial charge on any atom is -0.544 e. The summed E-state index contributed by atoms with van der Waals surface area (Å²) in [7, 11) is 2.71. The first kappa shape index (κ1) is 25.2. The van der Waals surface area contributed by atoms with Crippen molar-refractivity contribution in [2.45, 2.75) is 44.9 Å². The van der Waals surface area contributed by atoms with Crippen molar-refractivity contribution in [3.63, 3.8) is 0 Å². The lowest BCUT2D eigenvalue weighted by Crippen LogP contribution is -2.43. The monoisotopic (exact) mass is 487 g/mol. The van der Waals surface area contributed by atoms with Gasteiger partial charge in [0, 0.05) is 16.9 Å². The van der Waals surface area contributed by atoms with Crippen LogP contribution in [-0.4, -0.2) is 52.3 Å². The normalized spacial score (nSPS) is 16.2. The molecule has 33 heavy (non-hydrogen) atoms. The van der Waals surface area contributed by atoms with Gasteiger partial charge < -0.3 is 18.6 Å². The molecule has 2 aromatic carbocycles. The van der Waals surface area contributed by atoms with Gasteiger partial charge in [-0.25, -0.2) is 0 Å². The van der Waals surface area contributed by atoms with Gasteiger partial charge >= 0.3 is 0 Å². The lowest BCUT2D eigenvalue weighted by atomic mass is 10.0. The minimum absolute atomic E-state index is 0.0744. The predicted molar refractivity (Wildman–Crippen MR) is 137 cm³/mol. The van der Waals surface area contributed by atoms with Crippen LogP contribution in [0.15, 0.2) is 41.4 Å². The molecule has 0 saturated heterocycles. The summed E-state index contributed by atoms with van der Waals surface area (Å²) in [6.07, 6.45) is 0. The molecule has 1 heterocycles. The van der Waals surface area contributed by atoms with Crippen molar-refractivity contribution in [3.8, 4) is 23.0 Å². The summed E-state index contributed by atoms with van der Waals surface area (Å²) in [6.45, 7) is 11.1. The van der Waals surface area contributed by atoms with Gasteiger partial charge in [0.15, 0.2) is 17.3 Å². The van der Waals surface area contributed by atoms with Gasteiger partial charge in [0.05, 0.1) is 26.4 Å². The number of benzene rings is 2. The van der Waals surface area contributed by atoms with E-state index in [1.165, 1.54) is 21.3 Å². The number of methoxy groups -OCH3 is 3. The summed E-state index contributed by atoms with van der Waals surface area (Å²) in [5.74, 6) is 2.75. The minimum atomic E-state index is -1.89. The molecule has 0 radical (unpaired) electrons. The molecule has 8 heteroatoms. The highest BCUT2D eigenvalue weighted by atomic mass is 32.2. The number of aliphatic imine (C=N–C) groups is 1. The van der Waals surface area contributed by atoms with Crippen LogP contribution < -0.4 is 18.6 Å².